The third kappa shape index (κ3) is 5.82. The number of nitrogens with zero attached hydrogens (tertiary/aromatic N) is 5. The van der Waals surface area contributed by atoms with Crippen LogP contribution in [-0.2, 0) is 11.3 Å². The molecule has 0 spiro atoms. The van der Waals surface area contributed by atoms with Crippen molar-refractivity contribution in [1.29, 1.82) is 0 Å². The van der Waals surface area contributed by atoms with Gasteiger partial charge >= 0.3 is 0 Å². The number of allylic oxidation sites excluding steroid dienone is 1. The molecule has 9 nitrogen and oxygen atoms in total. The number of nitrogens with one attached hydrogen (secondary N) is 1. The molecule has 1 aromatic carbocycles. The van der Waals surface area contributed by atoms with E-state index in [1.807, 2.05) is 42.7 Å². The molecule has 0 bridgehead atoms. The maximum absolute atomic E-state index is 12.5. The lowest BCUT2D eigenvalue weighted by molar-refractivity contribution is -0.115. The molecule has 0 saturated carbocycles. The lowest BCUT2D eigenvalue weighted by Crippen LogP contribution is -2.23. The number of hydrogen-bond acceptors (Lipinski definition) is 9. The Morgan fingerprint density at radius 2 is 2.06 bits per heavy atom. The molecule has 2 aromatic heterocycles. The zero-order valence-electron chi connectivity index (χ0n) is 17.7. The number of methoxy groups -OCH3 is 1. The highest BCUT2D eigenvalue weighted by atomic mass is 32.2. The van der Waals surface area contributed by atoms with Crippen molar-refractivity contribution in [3.63, 3.8) is 0 Å². The Hall–Kier alpha value is -2.92. The van der Waals surface area contributed by atoms with E-state index in [0.717, 1.165) is 5.01 Å². The van der Waals surface area contributed by atoms with Gasteiger partial charge in [0.05, 0.1) is 12.4 Å². The number of thioether (sulfide) groups is 1. The molecule has 0 saturated heterocycles. The standard InChI is InChI=1S/C20H24N6O3S2/c1-6-10-26-17(12(2)29-16-9-7-8-15(11-16)28-5)23-25-20(26)30-13(3)18(27)21-19-24-22-14(4)31-19/h6-9,11-13H,1,10H2,2-5H3,(H,21,24,27). The summed E-state index contributed by atoms with van der Waals surface area (Å²) in [7, 11) is 1.61. The number of amides is 1. The van der Waals surface area contributed by atoms with Crippen molar-refractivity contribution in [3.8, 4) is 11.5 Å². The monoisotopic (exact) mass is 460 g/mol. The smallest absolute Gasteiger partial charge is 0.239 e. The van der Waals surface area contributed by atoms with Crippen molar-refractivity contribution in [3.05, 3.63) is 47.8 Å². The average Bonchev–Trinajstić information content (AvgIpc) is 3.34. The molecule has 1 N–H and O–H groups in total. The number of ether oxygens (including phenoxy) is 2. The fourth-order valence-electron chi connectivity index (χ4n) is 2.69. The van der Waals surface area contributed by atoms with Gasteiger partial charge in [0.2, 0.25) is 11.0 Å². The second kappa shape index (κ2) is 10.4. The summed E-state index contributed by atoms with van der Waals surface area (Å²) < 4.78 is 13.2. The van der Waals surface area contributed by atoms with Crippen molar-refractivity contribution < 1.29 is 14.3 Å². The quantitative estimate of drug-likeness (QED) is 0.359. The lowest BCUT2D eigenvalue weighted by atomic mass is 10.3. The first-order valence-electron chi connectivity index (χ1n) is 9.53. The number of benzene rings is 1. The Kier molecular flexibility index (Phi) is 7.64. The Balaban J connectivity index is 1.72. The van der Waals surface area contributed by atoms with Crippen LogP contribution in [-0.4, -0.2) is 43.2 Å². The number of carbonyl (C=O) groups is 1. The van der Waals surface area contributed by atoms with E-state index >= 15 is 0 Å². The van der Waals surface area contributed by atoms with Gasteiger partial charge in [-0.15, -0.1) is 27.0 Å². The minimum absolute atomic E-state index is 0.184. The average molecular weight is 461 g/mol. The summed E-state index contributed by atoms with van der Waals surface area (Å²) in [6.07, 6.45) is 1.38. The molecule has 0 aliphatic rings. The minimum atomic E-state index is -0.417. The van der Waals surface area contributed by atoms with Crippen LogP contribution in [0.2, 0.25) is 0 Å². The van der Waals surface area contributed by atoms with Crippen LogP contribution in [0.25, 0.3) is 0 Å². The summed E-state index contributed by atoms with van der Waals surface area (Å²) in [6, 6.07) is 7.37. The van der Waals surface area contributed by atoms with Gasteiger partial charge < -0.3 is 9.47 Å². The predicted octanol–water partition coefficient (Wildman–Crippen LogP) is 3.89. The summed E-state index contributed by atoms with van der Waals surface area (Å²) in [6.45, 7) is 9.84. The van der Waals surface area contributed by atoms with Crippen LogP contribution in [0, 0.1) is 6.92 Å². The number of anilines is 1. The van der Waals surface area contributed by atoms with Crippen LogP contribution in [0.5, 0.6) is 11.5 Å². The Labute approximate surface area is 188 Å². The summed E-state index contributed by atoms with van der Waals surface area (Å²) in [5, 5.41) is 20.7. The first-order valence-corrected chi connectivity index (χ1v) is 11.2. The topological polar surface area (TPSA) is 104 Å². The van der Waals surface area contributed by atoms with Crippen LogP contribution < -0.4 is 14.8 Å². The molecule has 3 rings (SSSR count). The molecule has 164 valence electrons. The maximum Gasteiger partial charge on any atom is 0.239 e. The van der Waals surface area contributed by atoms with Crippen LogP contribution in [0.15, 0.2) is 42.1 Å². The highest BCUT2D eigenvalue weighted by Gasteiger charge is 2.23. The first kappa shape index (κ1) is 22.8. The fraction of sp³-hybridized carbons (Fsp3) is 0.350. The first-order chi connectivity index (χ1) is 14.9. The van der Waals surface area contributed by atoms with E-state index in [9.17, 15) is 4.79 Å². The summed E-state index contributed by atoms with van der Waals surface area (Å²) in [5.74, 6) is 1.82. The second-order valence-electron chi connectivity index (χ2n) is 6.55. The maximum atomic E-state index is 12.5. The van der Waals surface area contributed by atoms with Crippen molar-refractivity contribution in [2.75, 3.05) is 12.4 Å². The molecule has 0 aliphatic heterocycles. The van der Waals surface area contributed by atoms with E-state index in [1.54, 1.807) is 20.1 Å². The van der Waals surface area contributed by atoms with E-state index in [2.05, 4.69) is 32.3 Å². The molecule has 0 radical (unpaired) electrons. The van der Waals surface area contributed by atoms with Crippen LogP contribution in [0.3, 0.4) is 0 Å². The highest BCUT2D eigenvalue weighted by Crippen LogP contribution is 2.29. The summed E-state index contributed by atoms with van der Waals surface area (Å²) in [4.78, 5) is 12.5. The predicted molar refractivity (Wildman–Crippen MR) is 121 cm³/mol. The summed E-state index contributed by atoms with van der Waals surface area (Å²) in [5.41, 5.74) is 0. The molecular weight excluding hydrogens is 436 g/mol. The van der Waals surface area contributed by atoms with E-state index < -0.39 is 5.25 Å². The Morgan fingerprint density at radius 1 is 1.29 bits per heavy atom. The van der Waals surface area contributed by atoms with Gasteiger partial charge in [-0.05, 0) is 32.9 Å². The van der Waals surface area contributed by atoms with Crippen molar-refractivity contribution in [2.45, 2.75) is 43.8 Å². The van der Waals surface area contributed by atoms with Gasteiger partial charge in [0.15, 0.2) is 17.1 Å². The van der Waals surface area contributed by atoms with Crippen LogP contribution >= 0.6 is 23.1 Å². The molecule has 3 aromatic rings. The van der Waals surface area contributed by atoms with Gasteiger partial charge in [0, 0.05) is 12.6 Å². The third-order valence-electron chi connectivity index (χ3n) is 4.18. The zero-order chi connectivity index (χ0) is 22.4. The van der Waals surface area contributed by atoms with Crippen LogP contribution in [0.4, 0.5) is 5.13 Å². The van der Waals surface area contributed by atoms with E-state index in [4.69, 9.17) is 9.47 Å². The molecule has 31 heavy (non-hydrogen) atoms. The van der Waals surface area contributed by atoms with Gasteiger partial charge in [0.25, 0.3) is 0 Å². The number of aromatic nitrogens is 5. The SMILES string of the molecule is C=CCn1c(SC(C)C(=O)Nc2nnc(C)s2)nnc1C(C)Oc1cccc(OC)c1. The zero-order valence-corrected chi connectivity index (χ0v) is 19.4. The molecule has 11 heteroatoms. The number of hydrogen-bond donors (Lipinski definition) is 1. The third-order valence-corrected chi connectivity index (χ3v) is 6.02. The van der Waals surface area contributed by atoms with Crippen molar-refractivity contribution >= 4 is 34.1 Å². The second-order valence-corrected chi connectivity index (χ2v) is 9.04. The van der Waals surface area contributed by atoms with Gasteiger partial charge in [-0.2, -0.15) is 0 Å². The number of rotatable bonds is 10. The highest BCUT2D eigenvalue weighted by molar-refractivity contribution is 8.00. The van der Waals surface area contributed by atoms with E-state index in [1.165, 1.54) is 23.1 Å². The van der Waals surface area contributed by atoms with Gasteiger partial charge in [-0.25, -0.2) is 0 Å². The number of aryl methyl sites for hydroxylation is 1. The van der Waals surface area contributed by atoms with Gasteiger partial charge in [0.1, 0.15) is 16.5 Å². The van der Waals surface area contributed by atoms with Gasteiger partial charge in [-0.1, -0.05) is 35.2 Å². The van der Waals surface area contributed by atoms with Crippen molar-refractivity contribution in [2.24, 2.45) is 0 Å². The molecular formula is C20H24N6O3S2. The summed E-state index contributed by atoms with van der Waals surface area (Å²) >= 11 is 2.63. The lowest BCUT2D eigenvalue weighted by Gasteiger charge is -2.17. The molecule has 1 amide bonds. The molecule has 2 heterocycles. The fourth-order valence-corrected chi connectivity index (χ4v) is 4.15. The largest absolute Gasteiger partial charge is 0.497 e. The number of carbonyl (C=O) groups excluding carboxylic acids is 1. The van der Waals surface area contributed by atoms with Crippen molar-refractivity contribution in [1.82, 2.24) is 25.0 Å². The molecule has 0 aliphatic carbocycles. The molecule has 2 unspecified atom stereocenters. The Morgan fingerprint density at radius 3 is 2.74 bits per heavy atom. The van der Waals surface area contributed by atoms with Gasteiger partial charge in [-0.3, -0.25) is 14.7 Å². The minimum Gasteiger partial charge on any atom is -0.497 e. The van der Waals surface area contributed by atoms with Crippen LogP contribution in [0.1, 0.15) is 30.8 Å². The Bertz CT molecular complexity index is 1050. The van der Waals surface area contributed by atoms with E-state index in [0.29, 0.717) is 34.2 Å². The molecule has 2 atom stereocenters. The van der Waals surface area contributed by atoms with E-state index in [-0.39, 0.29) is 12.0 Å². The molecule has 0 fully saturated rings. The normalized spacial score (nSPS) is 12.8.